The Bertz CT molecular complexity index is 159. The van der Waals surface area contributed by atoms with Crippen molar-refractivity contribution in [1.29, 1.82) is 0 Å². The zero-order valence-corrected chi connectivity index (χ0v) is 8.60. The van der Waals surface area contributed by atoms with Gasteiger partial charge in [-0.2, -0.15) is 0 Å². The number of aliphatic hydroxyl groups excluding tert-OH is 3. The predicted octanol–water partition coefficient (Wildman–Crippen LogP) is 1.93. The Morgan fingerprint density at radius 3 is 1.21 bits per heavy atom. The summed E-state index contributed by atoms with van der Waals surface area (Å²) in [5.41, 5.74) is 0. The van der Waals surface area contributed by atoms with Crippen LogP contribution in [0.5, 0.6) is 0 Å². The number of aliphatic hydroxyl groups is 3. The van der Waals surface area contributed by atoms with Crippen LogP contribution in [-0.2, 0) is 0 Å². The molecule has 82 valence electrons. The van der Waals surface area contributed by atoms with Gasteiger partial charge in [0, 0.05) is 19.6 Å². The van der Waals surface area contributed by atoms with Crippen molar-refractivity contribution in [3.63, 3.8) is 0 Å². The van der Waals surface area contributed by atoms with Gasteiger partial charge in [-0.25, -0.2) is 0 Å². The van der Waals surface area contributed by atoms with E-state index < -0.39 is 0 Å². The monoisotopic (exact) mass is 221 g/mol. The maximum absolute atomic E-state index is 8.42. The summed E-state index contributed by atoms with van der Waals surface area (Å²) in [7, 11) is 0. The zero-order valence-electron chi connectivity index (χ0n) is 7.78. The average Bonchev–Trinajstić information content (AvgIpc) is 2.17. The van der Waals surface area contributed by atoms with Crippen molar-refractivity contribution in [3.8, 4) is 0 Å². The van der Waals surface area contributed by atoms with Crippen molar-refractivity contribution in [1.82, 2.24) is 4.90 Å². The van der Waals surface area contributed by atoms with Crippen molar-refractivity contribution in [2.24, 2.45) is 0 Å². The number of rotatable bonds is 6. The van der Waals surface area contributed by atoms with Crippen LogP contribution >= 0.6 is 12.4 Å². The zero-order chi connectivity index (χ0) is 9.94. The van der Waals surface area contributed by atoms with Crippen LogP contribution in [0.4, 0.5) is 0 Å². The normalized spacial score (nSPS) is 11.8. The Balaban J connectivity index is 0. The highest BCUT2D eigenvalue weighted by atomic mass is 35.5. The van der Waals surface area contributed by atoms with Gasteiger partial charge in [0.1, 0.15) is 0 Å². The van der Waals surface area contributed by atoms with Crippen LogP contribution < -0.4 is 0 Å². The lowest BCUT2D eigenvalue weighted by Crippen LogP contribution is -2.24. The third-order valence-electron chi connectivity index (χ3n) is 1.41. The lowest BCUT2D eigenvalue weighted by molar-refractivity contribution is 0.357. The Hall–Kier alpha value is -1.13. The molecule has 0 aromatic rings. The van der Waals surface area contributed by atoms with Crippen molar-refractivity contribution in [2.75, 3.05) is 19.6 Å². The van der Waals surface area contributed by atoms with E-state index in [0.29, 0.717) is 19.6 Å². The highest BCUT2D eigenvalue weighted by Gasteiger charge is 1.96. The van der Waals surface area contributed by atoms with E-state index in [1.165, 1.54) is 0 Å². The lowest BCUT2D eigenvalue weighted by atomic mass is 10.4. The maximum atomic E-state index is 8.42. The maximum Gasteiger partial charge on any atom is 0.0764 e. The molecule has 0 bridgehead atoms. The minimum atomic E-state index is 0. The largest absolute Gasteiger partial charge is 0.516 e. The second kappa shape index (κ2) is 11.9. The Labute approximate surface area is 89.9 Å². The Morgan fingerprint density at radius 2 is 1.00 bits per heavy atom. The smallest absolute Gasteiger partial charge is 0.0764 e. The van der Waals surface area contributed by atoms with E-state index in [0.717, 1.165) is 18.8 Å². The molecule has 0 aliphatic carbocycles. The molecule has 5 heteroatoms. The third-order valence-corrected chi connectivity index (χ3v) is 1.41. The van der Waals surface area contributed by atoms with Gasteiger partial charge in [-0.15, -0.1) is 12.4 Å². The molecule has 0 heterocycles. The van der Waals surface area contributed by atoms with Crippen LogP contribution in [-0.4, -0.2) is 39.9 Å². The second-order valence-electron chi connectivity index (χ2n) is 2.37. The highest BCUT2D eigenvalue weighted by molar-refractivity contribution is 5.85. The van der Waals surface area contributed by atoms with Crippen molar-refractivity contribution in [3.05, 3.63) is 37.0 Å². The van der Waals surface area contributed by atoms with Gasteiger partial charge in [-0.1, -0.05) is 0 Å². The highest BCUT2D eigenvalue weighted by Crippen LogP contribution is 1.90. The van der Waals surface area contributed by atoms with E-state index in [4.69, 9.17) is 15.3 Å². The van der Waals surface area contributed by atoms with Crippen LogP contribution in [0.2, 0.25) is 0 Å². The fraction of sp³-hybridized carbons (Fsp3) is 0.333. The van der Waals surface area contributed by atoms with E-state index in [-0.39, 0.29) is 12.4 Å². The molecule has 0 aromatic heterocycles. The number of halogens is 1. The van der Waals surface area contributed by atoms with E-state index in [1.54, 1.807) is 18.2 Å². The third kappa shape index (κ3) is 8.96. The van der Waals surface area contributed by atoms with Gasteiger partial charge in [0.2, 0.25) is 0 Å². The molecule has 0 aliphatic rings. The van der Waals surface area contributed by atoms with E-state index >= 15 is 0 Å². The summed E-state index contributed by atoms with van der Waals surface area (Å²) in [5.74, 6) is 0. The predicted molar refractivity (Wildman–Crippen MR) is 59.0 cm³/mol. The summed E-state index contributed by atoms with van der Waals surface area (Å²) in [5, 5.41) is 25.3. The molecule has 0 unspecified atom stereocenters. The van der Waals surface area contributed by atoms with Gasteiger partial charge >= 0.3 is 0 Å². The van der Waals surface area contributed by atoms with Gasteiger partial charge in [0.15, 0.2) is 0 Å². The van der Waals surface area contributed by atoms with E-state index in [1.807, 2.05) is 4.90 Å². The molecule has 0 atom stereocenters. The van der Waals surface area contributed by atoms with Gasteiger partial charge in [-0.05, 0) is 18.2 Å². The number of hydrogen-bond donors (Lipinski definition) is 3. The summed E-state index contributed by atoms with van der Waals surface area (Å²) in [4.78, 5) is 1.90. The van der Waals surface area contributed by atoms with Gasteiger partial charge in [0.25, 0.3) is 0 Å². The molecule has 0 aromatic carbocycles. The molecular formula is C9H16ClNO3. The van der Waals surface area contributed by atoms with E-state index in [2.05, 4.69) is 0 Å². The summed E-state index contributed by atoms with van der Waals surface area (Å²) in [6.07, 6.45) is 7.65. The summed E-state index contributed by atoms with van der Waals surface area (Å²) >= 11 is 0. The molecule has 0 rings (SSSR count). The summed E-state index contributed by atoms with van der Waals surface area (Å²) in [6.45, 7) is 1.68. The van der Waals surface area contributed by atoms with Crippen LogP contribution in [0, 0.1) is 0 Å². The van der Waals surface area contributed by atoms with Crippen LogP contribution in [0.15, 0.2) is 37.0 Å². The SMILES string of the molecule is Cl.OC=CCN(CC=CO)CC=CO. The number of hydrogen-bond acceptors (Lipinski definition) is 4. The summed E-state index contributed by atoms with van der Waals surface area (Å²) in [6, 6.07) is 0. The molecule has 3 N–H and O–H groups in total. The van der Waals surface area contributed by atoms with Crippen molar-refractivity contribution in [2.45, 2.75) is 0 Å². The first-order chi connectivity index (χ1) is 6.35. The van der Waals surface area contributed by atoms with Gasteiger partial charge < -0.3 is 15.3 Å². The Morgan fingerprint density at radius 1 is 0.714 bits per heavy atom. The molecule has 0 aliphatic heterocycles. The number of nitrogens with zero attached hydrogens (tertiary/aromatic N) is 1. The molecule has 0 radical (unpaired) electrons. The first-order valence-electron chi connectivity index (χ1n) is 3.95. The fourth-order valence-electron chi connectivity index (χ4n) is 0.812. The fourth-order valence-corrected chi connectivity index (χ4v) is 0.812. The quantitative estimate of drug-likeness (QED) is 0.600. The molecule has 4 nitrogen and oxygen atoms in total. The van der Waals surface area contributed by atoms with Crippen molar-refractivity contribution >= 4 is 12.4 Å². The Kier molecular flexibility index (Phi) is 13.0. The molecule has 0 saturated carbocycles. The molecule has 0 spiro atoms. The molecule has 14 heavy (non-hydrogen) atoms. The first kappa shape index (κ1) is 15.3. The minimum Gasteiger partial charge on any atom is -0.516 e. The molecular weight excluding hydrogens is 206 g/mol. The standard InChI is InChI=1S/C9H15NO3.ClH/c11-7-1-4-10(5-2-8-12)6-3-9-13;/h1-3,7-9,11-13H,4-6H2;1H. The van der Waals surface area contributed by atoms with Gasteiger partial charge in [0.05, 0.1) is 18.8 Å². The van der Waals surface area contributed by atoms with Crippen LogP contribution in [0.1, 0.15) is 0 Å². The molecule has 0 fully saturated rings. The topological polar surface area (TPSA) is 63.9 Å². The molecule has 0 saturated heterocycles. The van der Waals surface area contributed by atoms with Gasteiger partial charge in [-0.3, -0.25) is 4.90 Å². The van der Waals surface area contributed by atoms with Crippen LogP contribution in [0.3, 0.4) is 0 Å². The minimum absolute atomic E-state index is 0. The molecule has 0 amide bonds. The van der Waals surface area contributed by atoms with Crippen LogP contribution in [0.25, 0.3) is 0 Å². The summed E-state index contributed by atoms with van der Waals surface area (Å²) < 4.78 is 0. The lowest BCUT2D eigenvalue weighted by Gasteiger charge is -2.15. The first-order valence-corrected chi connectivity index (χ1v) is 3.95. The van der Waals surface area contributed by atoms with Crippen molar-refractivity contribution < 1.29 is 15.3 Å². The van der Waals surface area contributed by atoms with E-state index in [9.17, 15) is 0 Å². The average molecular weight is 222 g/mol. The second-order valence-corrected chi connectivity index (χ2v) is 2.37.